The highest BCUT2D eigenvalue weighted by atomic mass is 16.3. The minimum Gasteiger partial charge on any atom is -0.389 e. The summed E-state index contributed by atoms with van der Waals surface area (Å²) in [6, 6.07) is 0. The largest absolute Gasteiger partial charge is 0.389 e. The van der Waals surface area contributed by atoms with Gasteiger partial charge >= 0.3 is 0 Å². The smallest absolute Gasteiger partial charge is 0.0954 e. The first kappa shape index (κ1) is 12.0. The van der Waals surface area contributed by atoms with Crippen molar-refractivity contribution in [3.63, 3.8) is 0 Å². The van der Waals surface area contributed by atoms with E-state index >= 15 is 0 Å². The predicted octanol–water partition coefficient (Wildman–Crippen LogP) is 0.993. The first-order valence-electron chi connectivity index (χ1n) is 5.45. The van der Waals surface area contributed by atoms with Crippen LogP contribution in [0.1, 0.15) is 40.5 Å². The fourth-order valence-electron chi connectivity index (χ4n) is 1.99. The fraction of sp³-hybridized carbons (Fsp3) is 1.00. The van der Waals surface area contributed by atoms with Crippen molar-refractivity contribution in [3.8, 4) is 0 Å². The number of hydrogen-bond donors (Lipinski definition) is 2. The zero-order valence-corrected chi connectivity index (χ0v) is 9.75. The lowest BCUT2D eigenvalue weighted by Gasteiger charge is -2.46. The number of β-amino-alcohol motifs (C(OH)–C–C–N with tert-alkyl or cyclic N) is 1. The third-order valence-corrected chi connectivity index (χ3v) is 3.39. The van der Waals surface area contributed by atoms with Crippen LogP contribution in [0.4, 0.5) is 0 Å². The number of aliphatic hydroxyl groups is 2. The van der Waals surface area contributed by atoms with E-state index in [0.717, 1.165) is 6.54 Å². The van der Waals surface area contributed by atoms with Gasteiger partial charge in [-0.05, 0) is 33.6 Å². The SMILES string of the molecule is CCC1(O)CCN(C(C)(C)C)CC1O. The maximum Gasteiger partial charge on any atom is 0.0954 e. The summed E-state index contributed by atoms with van der Waals surface area (Å²) in [5, 5.41) is 19.9. The van der Waals surface area contributed by atoms with Gasteiger partial charge in [-0.1, -0.05) is 6.92 Å². The second kappa shape index (κ2) is 3.80. The molecule has 1 aliphatic heterocycles. The first-order valence-corrected chi connectivity index (χ1v) is 5.45. The summed E-state index contributed by atoms with van der Waals surface area (Å²) in [7, 11) is 0. The van der Waals surface area contributed by atoms with Gasteiger partial charge in [0, 0.05) is 18.6 Å². The molecule has 2 N–H and O–H groups in total. The number of likely N-dealkylation sites (tertiary alicyclic amines) is 1. The monoisotopic (exact) mass is 201 g/mol. The lowest BCUT2D eigenvalue weighted by atomic mass is 9.84. The first-order chi connectivity index (χ1) is 6.29. The summed E-state index contributed by atoms with van der Waals surface area (Å²) >= 11 is 0. The van der Waals surface area contributed by atoms with Crippen molar-refractivity contribution in [3.05, 3.63) is 0 Å². The Hall–Kier alpha value is -0.120. The van der Waals surface area contributed by atoms with Crippen molar-refractivity contribution >= 4 is 0 Å². The van der Waals surface area contributed by atoms with Gasteiger partial charge in [0.1, 0.15) is 0 Å². The number of piperidine rings is 1. The Bertz CT molecular complexity index is 200. The summed E-state index contributed by atoms with van der Waals surface area (Å²) in [5.41, 5.74) is -0.780. The molecule has 1 heterocycles. The third-order valence-electron chi connectivity index (χ3n) is 3.39. The van der Waals surface area contributed by atoms with E-state index in [2.05, 4.69) is 25.7 Å². The molecule has 0 aromatic rings. The molecule has 3 heteroatoms. The molecule has 84 valence electrons. The molecule has 0 saturated carbocycles. The Balaban J connectivity index is 2.64. The van der Waals surface area contributed by atoms with Gasteiger partial charge in [-0.15, -0.1) is 0 Å². The van der Waals surface area contributed by atoms with Crippen LogP contribution in [-0.4, -0.2) is 45.4 Å². The molecule has 3 nitrogen and oxygen atoms in total. The van der Waals surface area contributed by atoms with Crippen LogP contribution >= 0.6 is 0 Å². The number of rotatable bonds is 1. The molecular weight excluding hydrogens is 178 g/mol. The van der Waals surface area contributed by atoms with Crippen molar-refractivity contribution in [2.45, 2.75) is 57.8 Å². The Morgan fingerprint density at radius 2 is 2.00 bits per heavy atom. The molecule has 14 heavy (non-hydrogen) atoms. The molecule has 1 aliphatic rings. The van der Waals surface area contributed by atoms with E-state index in [1.54, 1.807) is 0 Å². The molecule has 2 unspecified atom stereocenters. The van der Waals surface area contributed by atoms with Crippen molar-refractivity contribution in [2.24, 2.45) is 0 Å². The fourth-order valence-corrected chi connectivity index (χ4v) is 1.99. The number of nitrogens with zero attached hydrogens (tertiary/aromatic N) is 1. The second-order valence-electron chi connectivity index (χ2n) is 5.34. The quantitative estimate of drug-likeness (QED) is 0.665. The summed E-state index contributed by atoms with van der Waals surface area (Å²) in [5.74, 6) is 0. The summed E-state index contributed by atoms with van der Waals surface area (Å²) in [6.07, 6.45) is 0.689. The molecule has 1 saturated heterocycles. The van der Waals surface area contributed by atoms with Crippen LogP contribution in [0.25, 0.3) is 0 Å². The molecule has 0 amide bonds. The van der Waals surface area contributed by atoms with Gasteiger partial charge < -0.3 is 10.2 Å². The molecule has 0 aliphatic carbocycles. The number of hydrogen-bond acceptors (Lipinski definition) is 3. The minimum atomic E-state index is -0.859. The topological polar surface area (TPSA) is 43.7 Å². The standard InChI is InChI=1S/C11H23NO2/c1-5-11(14)6-7-12(8-9(11)13)10(2,3)4/h9,13-14H,5-8H2,1-4H3. The average Bonchev–Trinajstić information content (AvgIpc) is 2.08. The Morgan fingerprint density at radius 3 is 2.36 bits per heavy atom. The van der Waals surface area contributed by atoms with Crippen LogP contribution in [0.15, 0.2) is 0 Å². The summed E-state index contributed by atoms with van der Waals surface area (Å²) < 4.78 is 0. The molecule has 0 spiro atoms. The highest BCUT2D eigenvalue weighted by molar-refractivity contribution is 4.95. The van der Waals surface area contributed by atoms with E-state index in [1.807, 2.05) is 6.92 Å². The average molecular weight is 201 g/mol. The van der Waals surface area contributed by atoms with Gasteiger partial charge in [-0.3, -0.25) is 4.90 Å². The maximum absolute atomic E-state index is 10.1. The van der Waals surface area contributed by atoms with E-state index in [0.29, 0.717) is 19.4 Å². The molecule has 1 fully saturated rings. The predicted molar refractivity (Wildman–Crippen MR) is 57.2 cm³/mol. The van der Waals surface area contributed by atoms with Crippen molar-refractivity contribution in [2.75, 3.05) is 13.1 Å². The van der Waals surface area contributed by atoms with Crippen molar-refractivity contribution < 1.29 is 10.2 Å². The highest BCUT2D eigenvalue weighted by Gasteiger charge is 2.41. The van der Waals surface area contributed by atoms with E-state index in [-0.39, 0.29) is 5.54 Å². The Kier molecular flexibility index (Phi) is 3.24. The van der Waals surface area contributed by atoms with Gasteiger partial charge in [0.2, 0.25) is 0 Å². The zero-order valence-electron chi connectivity index (χ0n) is 9.75. The normalized spacial score (nSPS) is 36.0. The molecule has 0 aromatic heterocycles. The molecule has 0 aromatic carbocycles. The van der Waals surface area contributed by atoms with Crippen LogP contribution < -0.4 is 0 Å². The van der Waals surface area contributed by atoms with Crippen LogP contribution in [-0.2, 0) is 0 Å². The third kappa shape index (κ3) is 2.27. The number of aliphatic hydroxyl groups excluding tert-OH is 1. The van der Waals surface area contributed by atoms with Crippen molar-refractivity contribution in [1.29, 1.82) is 0 Å². The van der Waals surface area contributed by atoms with E-state index < -0.39 is 11.7 Å². The molecular formula is C11H23NO2. The highest BCUT2D eigenvalue weighted by Crippen LogP contribution is 2.29. The van der Waals surface area contributed by atoms with Gasteiger partial charge in [0.05, 0.1) is 11.7 Å². The van der Waals surface area contributed by atoms with Crippen LogP contribution in [0.3, 0.4) is 0 Å². The molecule has 1 rings (SSSR count). The minimum absolute atomic E-state index is 0.0794. The zero-order chi connectivity index (χ0) is 11.0. The Labute approximate surface area is 86.7 Å². The summed E-state index contributed by atoms with van der Waals surface area (Å²) in [4.78, 5) is 2.22. The van der Waals surface area contributed by atoms with Gasteiger partial charge in [0.15, 0.2) is 0 Å². The lowest BCUT2D eigenvalue weighted by Crippen LogP contribution is -2.59. The van der Waals surface area contributed by atoms with Crippen molar-refractivity contribution in [1.82, 2.24) is 4.90 Å². The van der Waals surface area contributed by atoms with Gasteiger partial charge in [-0.25, -0.2) is 0 Å². The second-order valence-corrected chi connectivity index (χ2v) is 5.34. The van der Waals surface area contributed by atoms with Gasteiger partial charge in [-0.2, -0.15) is 0 Å². The van der Waals surface area contributed by atoms with Crippen LogP contribution in [0.5, 0.6) is 0 Å². The molecule has 0 radical (unpaired) electrons. The lowest BCUT2D eigenvalue weighted by molar-refractivity contribution is -0.133. The van der Waals surface area contributed by atoms with E-state index in [9.17, 15) is 10.2 Å². The molecule has 0 bridgehead atoms. The van der Waals surface area contributed by atoms with Crippen LogP contribution in [0.2, 0.25) is 0 Å². The Morgan fingerprint density at radius 1 is 1.43 bits per heavy atom. The van der Waals surface area contributed by atoms with E-state index in [1.165, 1.54) is 0 Å². The van der Waals surface area contributed by atoms with Crippen LogP contribution in [0, 0.1) is 0 Å². The summed E-state index contributed by atoms with van der Waals surface area (Å²) in [6.45, 7) is 9.77. The van der Waals surface area contributed by atoms with Gasteiger partial charge in [0.25, 0.3) is 0 Å². The molecule has 2 atom stereocenters. The maximum atomic E-state index is 10.1. The van der Waals surface area contributed by atoms with E-state index in [4.69, 9.17) is 0 Å².